The Morgan fingerprint density at radius 3 is 2.63 bits per heavy atom. The van der Waals surface area contributed by atoms with Crippen molar-refractivity contribution in [2.75, 3.05) is 7.11 Å². The molecule has 0 bridgehead atoms. The second-order valence-electron chi connectivity index (χ2n) is 8.62. The second-order valence-corrected chi connectivity index (χ2v) is 8.62. The number of hydrogen-bond donors (Lipinski definition) is 2. The minimum absolute atomic E-state index is 0.0365. The summed E-state index contributed by atoms with van der Waals surface area (Å²) in [5, 5.41) is 6.44. The Morgan fingerprint density at radius 2 is 2.00 bits per heavy atom. The summed E-state index contributed by atoms with van der Waals surface area (Å²) >= 11 is 0. The van der Waals surface area contributed by atoms with Gasteiger partial charge in [-0.3, -0.25) is 4.79 Å². The van der Waals surface area contributed by atoms with Gasteiger partial charge in [-0.2, -0.15) is 0 Å². The number of carbonyl (C=O) groups excluding carboxylic acids is 1. The topological polar surface area (TPSA) is 50.4 Å². The molecule has 27 heavy (non-hydrogen) atoms. The molecule has 0 aromatic heterocycles. The number of carbonyl (C=O) groups is 1. The van der Waals surface area contributed by atoms with Crippen LogP contribution in [0.5, 0.6) is 0 Å². The third kappa shape index (κ3) is 2.45. The fourth-order valence-electron chi connectivity index (χ4n) is 5.39. The predicted octanol–water partition coefficient (Wildman–Crippen LogP) is 2.97. The highest BCUT2D eigenvalue weighted by atomic mass is 16.5. The summed E-state index contributed by atoms with van der Waals surface area (Å²) < 4.78 is 5.59. The van der Waals surface area contributed by atoms with Crippen LogP contribution in [0.1, 0.15) is 55.2 Å². The van der Waals surface area contributed by atoms with Gasteiger partial charge in [-0.05, 0) is 68.2 Å². The molecule has 1 amide bonds. The molecule has 1 aromatic carbocycles. The van der Waals surface area contributed by atoms with Crippen LogP contribution in [0.4, 0.5) is 0 Å². The van der Waals surface area contributed by atoms with E-state index in [-0.39, 0.29) is 11.3 Å². The van der Waals surface area contributed by atoms with E-state index in [4.69, 9.17) is 4.74 Å². The van der Waals surface area contributed by atoms with Gasteiger partial charge in [-0.25, -0.2) is 0 Å². The molecule has 1 atom stereocenters. The summed E-state index contributed by atoms with van der Waals surface area (Å²) in [5.41, 5.74) is 2.51. The van der Waals surface area contributed by atoms with E-state index in [9.17, 15) is 4.79 Å². The van der Waals surface area contributed by atoms with Crippen LogP contribution in [0.15, 0.2) is 30.6 Å². The maximum absolute atomic E-state index is 13.3. The van der Waals surface area contributed by atoms with Crippen molar-refractivity contribution in [2.24, 2.45) is 11.3 Å². The van der Waals surface area contributed by atoms with Crippen LogP contribution in [-0.4, -0.2) is 19.1 Å². The smallest absolute Gasteiger partial charge is 0.256 e. The molecule has 2 spiro atoms. The number of amides is 1. The van der Waals surface area contributed by atoms with E-state index in [1.165, 1.54) is 18.4 Å². The summed E-state index contributed by atoms with van der Waals surface area (Å²) in [4.78, 5) is 13.3. The van der Waals surface area contributed by atoms with Crippen molar-refractivity contribution in [3.8, 4) is 11.8 Å². The predicted molar refractivity (Wildman–Crippen MR) is 104 cm³/mol. The number of ether oxygens (including phenoxy) is 1. The third-order valence-corrected chi connectivity index (χ3v) is 7.00. The molecule has 2 saturated carbocycles. The van der Waals surface area contributed by atoms with Crippen LogP contribution in [0.3, 0.4) is 0 Å². The Balaban J connectivity index is 1.59. The SMILES string of the molecule is C=C1NC(=O)C2(N1)c1cc(C#CC3CC3)ccc1CC21CCC(OC)CC1. The summed E-state index contributed by atoms with van der Waals surface area (Å²) in [6, 6.07) is 6.44. The van der Waals surface area contributed by atoms with E-state index in [1.807, 2.05) is 0 Å². The first-order valence-electron chi connectivity index (χ1n) is 10.0. The standard InChI is InChI=1S/C23H26N2O2/c1-15-24-21(26)23(25-15)20-13-17(6-5-16-3-4-16)7-8-18(20)14-22(23)11-9-19(27-2)10-12-22/h7-8,13,16,19,25H,1,3-4,9-12,14H2,2H3,(H,24,26). The zero-order valence-electron chi connectivity index (χ0n) is 15.9. The van der Waals surface area contributed by atoms with Gasteiger partial charge in [-0.15, -0.1) is 0 Å². The Bertz CT molecular complexity index is 881. The van der Waals surface area contributed by atoms with Crippen molar-refractivity contribution >= 4 is 5.91 Å². The van der Waals surface area contributed by atoms with E-state index < -0.39 is 5.54 Å². The van der Waals surface area contributed by atoms with Gasteiger partial charge in [0.05, 0.1) is 11.9 Å². The fourth-order valence-corrected chi connectivity index (χ4v) is 5.39. The number of fused-ring (bicyclic) bond motifs is 3. The van der Waals surface area contributed by atoms with Crippen LogP contribution >= 0.6 is 0 Å². The molecule has 0 radical (unpaired) electrons. The molecular formula is C23H26N2O2. The third-order valence-electron chi connectivity index (χ3n) is 7.00. The lowest BCUT2D eigenvalue weighted by Crippen LogP contribution is -2.56. The zero-order chi connectivity index (χ0) is 18.6. The van der Waals surface area contributed by atoms with Gasteiger partial charge in [0.25, 0.3) is 5.91 Å². The monoisotopic (exact) mass is 362 g/mol. The Morgan fingerprint density at radius 1 is 1.22 bits per heavy atom. The van der Waals surface area contributed by atoms with E-state index in [0.29, 0.717) is 17.8 Å². The highest BCUT2D eigenvalue weighted by Gasteiger charge is 2.65. The van der Waals surface area contributed by atoms with Gasteiger partial charge < -0.3 is 15.4 Å². The summed E-state index contributed by atoms with van der Waals surface area (Å²) in [5.74, 6) is 7.88. The summed E-state index contributed by atoms with van der Waals surface area (Å²) in [6.45, 7) is 4.00. The highest BCUT2D eigenvalue weighted by molar-refractivity contribution is 5.94. The lowest BCUT2D eigenvalue weighted by molar-refractivity contribution is -0.131. The summed E-state index contributed by atoms with van der Waals surface area (Å²) in [6.07, 6.45) is 7.56. The van der Waals surface area contributed by atoms with Gasteiger partial charge in [-0.1, -0.05) is 24.5 Å². The van der Waals surface area contributed by atoms with Crippen molar-refractivity contribution in [3.05, 3.63) is 47.3 Å². The second kappa shape index (κ2) is 5.87. The molecule has 1 aromatic rings. The van der Waals surface area contributed by atoms with E-state index >= 15 is 0 Å². The molecule has 5 rings (SSSR count). The van der Waals surface area contributed by atoms with Crippen molar-refractivity contribution in [1.82, 2.24) is 10.6 Å². The van der Waals surface area contributed by atoms with Crippen LogP contribution in [0, 0.1) is 23.2 Å². The van der Waals surface area contributed by atoms with Crippen LogP contribution in [-0.2, 0) is 21.5 Å². The van der Waals surface area contributed by atoms with E-state index in [1.54, 1.807) is 7.11 Å². The number of methoxy groups -OCH3 is 1. The van der Waals surface area contributed by atoms with Gasteiger partial charge in [0, 0.05) is 24.0 Å². The molecule has 3 fully saturated rings. The van der Waals surface area contributed by atoms with E-state index in [0.717, 1.165) is 43.2 Å². The van der Waals surface area contributed by atoms with Crippen molar-refractivity contribution in [2.45, 2.75) is 56.6 Å². The van der Waals surface area contributed by atoms with Crippen LogP contribution < -0.4 is 10.6 Å². The van der Waals surface area contributed by atoms with E-state index in [2.05, 4.69) is 47.3 Å². The maximum atomic E-state index is 13.3. The first-order valence-corrected chi connectivity index (χ1v) is 10.0. The molecular weight excluding hydrogens is 336 g/mol. The number of nitrogens with one attached hydrogen (secondary N) is 2. The van der Waals surface area contributed by atoms with Gasteiger partial charge >= 0.3 is 0 Å². The lowest BCUT2D eigenvalue weighted by Gasteiger charge is -2.46. The Hall–Kier alpha value is -2.25. The number of benzene rings is 1. The van der Waals surface area contributed by atoms with Crippen LogP contribution in [0.2, 0.25) is 0 Å². The molecule has 4 heteroatoms. The molecule has 1 aliphatic heterocycles. The zero-order valence-corrected chi connectivity index (χ0v) is 15.9. The summed E-state index contributed by atoms with van der Waals surface area (Å²) in [7, 11) is 1.79. The average Bonchev–Trinajstić information content (AvgIpc) is 3.40. The number of rotatable bonds is 1. The fraction of sp³-hybridized carbons (Fsp3) is 0.522. The van der Waals surface area contributed by atoms with Crippen LogP contribution in [0.25, 0.3) is 0 Å². The first kappa shape index (κ1) is 16.9. The first-order chi connectivity index (χ1) is 13.1. The lowest BCUT2D eigenvalue weighted by atomic mass is 9.61. The van der Waals surface area contributed by atoms with Gasteiger partial charge in [0.15, 0.2) is 0 Å². The van der Waals surface area contributed by atoms with Gasteiger partial charge in [0.2, 0.25) is 0 Å². The maximum Gasteiger partial charge on any atom is 0.256 e. The average molecular weight is 362 g/mol. The molecule has 4 aliphatic rings. The minimum Gasteiger partial charge on any atom is -0.381 e. The molecule has 140 valence electrons. The molecule has 1 saturated heterocycles. The molecule has 3 aliphatic carbocycles. The van der Waals surface area contributed by atoms with Crippen molar-refractivity contribution < 1.29 is 9.53 Å². The Kier molecular flexibility index (Phi) is 3.67. The minimum atomic E-state index is -0.727. The highest BCUT2D eigenvalue weighted by Crippen LogP contribution is 2.59. The largest absolute Gasteiger partial charge is 0.381 e. The van der Waals surface area contributed by atoms with Gasteiger partial charge in [0.1, 0.15) is 5.54 Å². The molecule has 4 nitrogen and oxygen atoms in total. The van der Waals surface area contributed by atoms with Crippen molar-refractivity contribution in [3.63, 3.8) is 0 Å². The molecule has 1 unspecified atom stereocenters. The molecule has 1 heterocycles. The number of hydrogen-bond acceptors (Lipinski definition) is 3. The normalized spacial score (nSPS) is 34.2. The Labute approximate surface area is 160 Å². The molecule has 2 N–H and O–H groups in total. The quantitative estimate of drug-likeness (QED) is 0.755. The van der Waals surface area contributed by atoms with Crippen molar-refractivity contribution in [1.29, 1.82) is 0 Å².